The van der Waals surface area contributed by atoms with Crippen LogP contribution in [0.1, 0.15) is 16.8 Å². The number of nitro groups is 1. The van der Waals surface area contributed by atoms with Crippen LogP contribution in [0.2, 0.25) is 0 Å². The van der Waals surface area contributed by atoms with Crippen LogP contribution in [0, 0.1) is 10.1 Å². The van der Waals surface area contributed by atoms with Crippen molar-refractivity contribution in [2.45, 2.75) is 12.5 Å². The molecule has 0 saturated carbocycles. The molecule has 1 aromatic carbocycles. The third-order valence-corrected chi connectivity index (χ3v) is 5.48. The lowest BCUT2D eigenvalue weighted by atomic mass is 10.1. The molecule has 12 nitrogen and oxygen atoms in total. The number of nitro benzene ring substituents is 1. The number of aromatic nitrogens is 2. The molecule has 32 heavy (non-hydrogen) atoms. The lowest BCUT2D eigenvalue weighted by Crippen LogP contribution is -2.31. The van der Waals surface area contributed by atoms with E-state index in [1.807, 2.05) is 0 Å². The second-order valence-corrected chi connectivity index (χ2v) is 9.48. The van der Waals surface area contributed by atoms with Crippen LogP contribution >= 0.6 is 15.9 Å². The first-order chi connectivity index (χ1) is 15.1. The number of hydrogen-bond acceptors (Lipinski definition) is 10. The van der Waals surface area contributed by atoms with Crippen molar-refractivity contribution in [1.82, 2.24) is 14.9 Å². The van der Waals surface area contributed by atoms with Gasteiger partial charge >= 0.3 is 5.69 Å². The molecule has 1 amide bonds. The zero-order valence-corrected chi connectivity index (χ0v) is 19.3. The van der Waals surface area contributed by atoms with E-state index in [0.29, 0.717) is 25.5 Å². The summed E-state index contributed by atoms with van der Waals surface area (Å²) in [5, 5.41) is 14.4. The fourth-order valence-electron chi connectivity index (χ4n) is 3.07. The molecule has 1 fully saturated rings. The van der Waals surface area contributed by atoms with E-state index in [1.54, 1.807) is 17.3 Å². The number of anilines is 1. The van der Waals surface area contributed by atoms with E-state index < -0.39 is 15.0 Å². The fraction of sp³-hybridized carbons (Fsp3) is 0.389. The molecule has 172 valence electrons. The number of nitrogens with zero attached hydrogens (tertiary/aromatic N) is 4. The first-order valence-corrected chi connectivity index (χ1v) is 12.0. The highest BCUT2D eigenvalue weighted by atomic mass is 79.9. The topological polar surface area (TPSA) is 154 Å². The van der Waals surface area contributed by atoms with Crippen molar-refractivity contribution in [3.05, 3.63) is 50.7 Å². The molecular formula is C18H20BrN5O7S. The minimum absolute atomic E-state index is 0.0398. The average molecular weight is 530 g/mol. The van der Waals surface area contributed by atoms with Gasteiger partial charge in [0, 0.05) is 49.2 Å². The van der Waals surface area contributed by atoms with Gasteiger partial charge in [0.25, 0.3) is 16.0 Å². The second kappa shape index (κ2) is 10.2. The molecule has 1 aliphatic rings. The second-order valence-electron chi connectivity index (χ2n) is 6.92. The summed E-state index contributed by atoms with van der Waals surface area (Å²) in [6, 6.07) is 3.78. The predicted molar refractivity (Wildman–Crippen MR) is 117 cm³/mol. The zero-order chi connectivity index (χ0) is 23.3. The Bertz CT molecular complexity index is 1100. The van der Waals surface area contributed by atoms with Crippen molar-refractivity contribution in [2.75, 3.05) is 37.9 Å². The highest BCUT2D eigenvalue weighted by Gasteiger charge is 2.28. The number of likely N-dealkylation sites (tertiary alicyclic amines) is 1. The van der Waals surface area contributed by atoms with E-state index >= 15 is 0 Å². The fourth-order valence-corrected chi connectivity index (χ4v) is 3.64. The van der Waals surface area contributed by atoms with Gasteiger partial charge in [0.05, 0.1) is 15.7 Å². The van der Waals surface area contributed by atoms with Crippen LogP contribution in [-0.2, 0) is 14.3 Å². The monoisotopic (exact) mass is 529 g/mol. The Balaban J connectivity index is 1.65. The third-order valence-electron chi connectivity index (χ3n) is 4.47. The molecule has 0 spiro atoms. The smallest absolute Gasteiger partial charge is 0.310 e. The van der Waals surface area contributed by atoms with Gasteiger partial charge in [0.2, 0.25) is 5.95 Å². The molecule has 2 aromatic rings. The summed E-state index contributed by atoms with van der Waals surface area (Å²) in [4.78, 5) is 33.5. The van der Waals surface area contributed by atoms with E-state index in [4.69, 9.17) is 4.74 Å². The lowest BCUT2D eigenvalue weighted by molar-refractivity contribution is -0.385. The molecule has 0 aliphatic carbocycles. The Labute approximate surface area is 192 Å². The van der Waals surface area contributed by atoms with Gasteiger partial charge in [-0.3, -0.25) is 19.1 Å². The van der Waals surface area contributed by atoms with Crippen molar-refractivity contribution < 1.29 is 27.1 Å². The number of rotatable bonds is 9. The number of carbonyl (C=O) groups excluding carboxylic acids is 1. The summed E-state index contributed by atoms with van der Waals surface area (Å²) >= 11 is 3.27. The molecule has 1 aromatic heterocycles. The summed E-state index contributed by atoms with van der Waals surface area (Å²) in [7, 11) is -3.66. The van der Waals surface area contributed by atoms with Crippen LogP contribution in [0.4, 0.5) is 11.6 Å². The molecule has 1 atom stereocenters. The van der Waals surface area contributed by atoms with Crippen LogP contribution in [0.3, 0.4) is 0 Å². The van der Waals surface area contributed by atoms with Crippen LogP contribution in [0.5, 0.6) is 5.75 Å². The summed E-state index contributed by atoms with van der Waals surface area (Å²) in [5.74, 6) is 0.00285. The third kappa shape index (κ3) is 6.58. The summed E-state index contributed by atoms with van der Waals surface area (Å²) in [6.45, 7) is 0.344. The van der Waals surface area contributed by atoms with E-state index in [-0.39, 0.29) is 42.2 Å². The Hall–Kier alpha value is -2.84. The molecule has 0 radical (unpaired) electrons. The number of ether oxygens (including phenoxy) is 1. The first-order valence-electron chi connectivity index (χ1n) is 9.41. The SMILES string of the molecule is CS(=O)(=O)OCCOc1cc(C(=O)N2CCC(Nc3ncc(Br)cn3)C2)ccc1[N+](=O)[O-]. The van der Waals surface area contributed by atoms with Gasteiger partial charge in [-0.25, -0.2) is 9.97 Å². The number of carbonyl (C=O) groups is 1. The van der Waals surface area contributed by atoms with Crippen molar-refractivity contribution in [3.63, 3.8) is 0 Å². The number of benzene rings is 1. The van der Waals surface area contributed by atoms with E-state index in [0.717, 1.165) is 10.7 Å². The minimum atomic E-state index is -3.66. The van der Waals surface area contributed by atoms with Crippen molar-refractivity contribution in [2.24, 2.45) is 0 Å². The molecule has 1 saturated heterocycles. The van der Waals surface area contributed by atoms with Crippen LogP contribution in [-0.4, -0.2) is 72.7 Å². The lowest BCUT2D eigenvalue weighted by Gasteiger charge is -2.18. The van der Waals surface area contributed by atoms with Crippen molar-refractivity contribution in [1.29, 1.82) is 0 Å². The van der Waals surface area contributed by atoms with Crippen LogP contribution in [0.15, 0.2) is 35.1 Å². The minimum Gasteiger partial charge on any atom is -0.484 e. The van der Waals surface area contributed by atoms with Crippen LogP contribution < -0.4 is 10.1 Å². The van der Waals surface area contributed by atoms with Crippen LogP contribution in [0.25, 0.3) is 0 Å². The molecule has 3 rings (SSSR count). The average Bonchev–Trinajstić information content (AvgIpc) is 3.20. The maximum absolute atomic E-state index is 12.9. The number of nitrogens with one attached hydrogen (secondary N) is 1. The normalized spacial score (nSPS) is 16.1. The molecule has 1 N–H and O–H groups in total. The van der Waals surface area contributed by atoms with Gasteiger partial charge in [0.1, 0.15) is 13.2 Å². The van der Waals surface area contributed by atoms with E-state index in [9.17, 15) is 23.3 Å². The molecule has 1 unspecified atom stereocenters. The Morgan fingerprint density at radius 3 is 2.72 bits per heavy atom. The van der Waals surface area contributed by atoms with Gasteiger partial charge in [-0.15, -0.1) is 0 Å². The molecule has 2 heterocycles. The predicted octanol–water partition coefficient (Wildman–Crippen LogP) is 1.83. The summed E-state index contributed by atoms with van der Waals surface area (Å²) < 4.78 is 32.7. The first kappa shape index (κ1) is 23.8. The maximum Gasteiger partial charge on any atom is 0.310 e. The van der Waals surface area contributed by atoms with E-state index in [1.165, 1.54) is 18.2 Å². The highest BCUT2D eigenvalue weighted by Crippen LogP contribution is 2.29. The summed E-state index contributed by atoms with van der Waals surface area (Å²) in [5.41, 5.74) is -0.121. The summed E-state index contributed by atoms with van der Waals surface area (Å²) in [6.07, 6.45) is 4.80. The number of halogens is 1. The Morgan fingerprint density at radius 2 is 2.06 bits per heavy atom. The van der Waals surface area contributed by atoms with Gasteiger partial charge in [0.15, 0.2) is 5.75 Å². The van der Waals surface area contributed by atoms with Gasteiger partial charge in [-0.1, -0.05) is 0 Å². The molecule has 0 bridgehead atoms. The molecule has 14 heteroatoms. The molecule has 1 aliphatic heterocycles. The standard InChI is InChI=1S/C18H20BrN5O7S/c1-32(28,29)31-7-6-30-16-8-12(2-3-15(16)24(26)27)17(25)23-5-4-14(11-23)22-18-20-9-13(19)10-21-18/h2-3,8-10,14H,4-7,11H2,1H3,(H,20,21,22). The maximum atomic E-state index is 12.9. The quantitative estimate of drug-likeness (QED) is 0.220. The van der Waals surface area contributed by atoms with E-state index in [2.05, 4.69) is 35.4 Å². The largest absolute Gasteiger partial charge is 0.484 e. The van der Waals surface area contributed by atoms with Crippen molar-refractivity contribution in [3.8, 4) is 5.75 Å². The van der Waals surface area contributed by atoms with Gasteiger partial charge in [-0.05, 0) is 28.4 Å². The number of amides is 1. The molecular weight excluding hydrogens is 510 g/mol. The van der Waals surface area contributed by atoms with Gasteiger partial charge in [-0.2, -0.15) is 8.42 Å². The Kier molecular flexibility index (Phi) is 7.58. The van der Waals surface area contributed by atoms with Crippen molar-refractivity contribution >= 4 is 43.6 Å². The highest BCUT2D eigenvalue weighted by molar-refractivity contribution is 9.10. The number of hydrogen-bond donors (Lipinski definition) is 1. The van der Waals surface area contributed by atoms with Gasteiger partial charge < -0.3 is 15.0 Å². The zero-order valence-electron chi connectivity index (χ0n) is 16.9. The Morgan fingerprint density at radius 1 is 1.34 bits per heavy atom.